The highest BCUT2D eigenvalue weighted by atomic mass is 19.1. The van der Waals surface area contributed by atoms with Gasteiger partial charge in [-0.25, -0.2) is 4.39 Å². The topological polar surface area (TPSA) is 67.4 Å². The molecule has 0 radical (unpaired) electrons. The number of aryl methyl sites for hydroxylation is 3. The Balaban J connectivity index is 1.70. The van der Waals surface area contributed by atoms with Crippen LogP contribution in [0.1, 0.15) is 35.1 Å². The van der Waals surface area contributed by atoms with Crippen LogP contribution in [-0.2, 0) is 19.7 Å². The Morgan fingerprint density at radius 1 is 1.00 bits per heavy atom. The minimum atomic E-state index is -0.693. The summed E-state index contributed by atoms with van der Waals surface area (Å²) in [6, 6.07) is 10.3. The number of carbonyl (C=O) groups excluding carboxylic acids is 2. The Bertz CT molecular complexity index is 880. The summed E-state index contributed by atoms with van der Waals surface area (Å²) < 4.78 is 18.8. The molecule has 5 nitrogen and oxygen atoms in total. The molecule has 6 heteroatoms. The second kappa shape index (κ2) is 8.74. The van der Waals surface area contributed by atoms with Gasteiger partial charge in [0, 0.05) is 30.9 Å². The first-order valence-corrected chi connectivity index (χ1v) is 9.81. The molecule has 0 bridgehead atoms. The minimum Gasteiger partial charge on any atom is -0.381 e. The Morgan fingerprint density at radius 2 is 1.59 bits per heavy atom. The van der Waals surface area contributed by atoms with Crippen LogP contribution in [0.4, 0.5) is 10.1 Å². The van der Waals surface area contributed by atoms with E-state index in [0.29, 0.717) is 38.3 Å². The Labute approximate surface area is 170 Å². The summed E-state index contributed by atoms with van der Waals surface area (Å²) in [5.41, 5.74) is 4.15. The van der Waals surface area contributed by atoms with E-state index >= 15 is 0 Å². The van der Waals surface area contributed by atoms with Crippen LogP contribution in [0.3, 0.4) is 0 Å². The summed E-state index contributed by atoms with van der Waals surface area (Å²) in [7, 11) is 0. The molecule has 1 aliphatic heterocycles. The highest BCUT2D eigenvalue weighted by Gasteiger charge is 2.35. The number of rotatable bonds is 4. The van der Waals surface area contributed by atoms with Gasteiger partial charge < -0.3 is 15.4 Å². The summed E-state index contributed by atoms with van der Waals surface area (Å²) in [4.78, 5) is 25.0. The largest absolute Gasteiger partial charge is 0.381 e. The lowest BCUT2D eigenvalue weighted by Gasteiger charge is -2.37. The van der Waals surface area contributed by atoms with Crippen LogP contribution in [0, 0.1) is 26.6 Å². The number of benzene rings is 2. The zero-order chi connectivity index (χ0) is 21.0. The number of carbonyl (C=O) groups is 2. The van der Waals surface area contributed by atoms with Crippen LogP contribution >= 0.6 is 0 Å². The maximum atomic E-state index is 13.3. The molecule has 1 saturated heterocycles. The lowest BCUT2D eigenvalue weighted by atomic mass is 9.74. The van der Waals surface area contributed by atoms with Gasteiger partial charge in [0.25, 0.3) is 0 Å². The van der Waals surface area contributed by atoms with E-state index in [1.165, 1.54) is 12.1 Å². The van der Waals surface area contributed by atoms with Crippen molar-refractivity contribution in [3.63, 3.8) is 0 Å². The van der Waals surface area contributed by atoms with E-state index < -0.39 is 11.8 Å². The molecule has 1 fully saturated rings. The predicted molar refractivity (Wildman–Crippen MR) is 110 cm³/mol. The lowest BCUT2D eigenvalue weighted by molar-refractivity contribution is -0.136. The molecule has 29 heavy (non-hydrogen) atoms. The first kappa shape index (κ1) is 21.0. The van der Waals surface area contributed by atoms with Crippen LogP contribution in [0.25, 0.3) is 0 Å². The van der Waals surface area contributed by atoms with Crippen molar-refractivity contribution in [2.24, 2.45) is 0 Å². The second-order valence-electron chi connectivity index (χ2n) is 7.81. The molecule has 1 heterocycles. The normalized spacial score (nSPS) is 15.6. The summed E-state index contributed by atoms with van der Waals surface area (Å²) in [5, 5.41) is 5.50. The standard InChI is InChI=1S/C23H27FN2O3/c1-15-12-16(2)20(17(3)13-15)26-22(28)21(27)25-14-23(8-10-29-11-9-23)18-4-6-19(24)7-5-18/h4-7,12-13H,8-11,14H2,1-3H3,(H,25,27)(H,26,28). The maximum absolute atomic E-state index is 13.3. The lowest BCUT2D eigenvalue weighted by Crippen LogP contribution is -2.47. The summed E-state index contributed by atoms with van der Waals surface area (Å²) >= 11 is 0. The van der Waals surface area contributed by atoms with E-state index in [1.54, 1.807) is 12.1 Å². The van der Waals surface area contributed by atoms with E-state index in [-0.39, 0.29) is 11.2 Å². The van der Waals surface area contributed by atoms with Crippen molar-refractivity contribution in [1.29, 1.82) is 0 Å². The molecule has 2 N–H and O–H groups in total. The predicted octanol–water partition coefficient (Wildman–Crippen LogP) is 3.55. The van der Waals surface area contributed by atoms with Crippen LogP contribution in [0.15, 0.2) is 36.4 Å². The molecule has 3 rings (SSSR count). The van der Waals surface area contributed by atoms with Gasteiger partial charge in [0.2, 0.25) is 0 Å². The van der Waals surface area contributed by atoms with Gasteiger partial charge in [-0.1, -0.05) is 29.8 Å². The molecule has 0 unspecified atom stereocenters. The molecule has 2 aromatic carbocycles. The van der Waals surface area contributed by atoms with Crippen LogP contribution in [0.5, 0.6) is 0 Å². The van der Waals surface area contributed by atoms with E-state index in [0.717, 1.165) is 22.3 Å². The molecule has 0 saturated carbocycles. The third kappa shape index (κ3) is 4.82. The fourth-order valence-electron chi connectivity index (χ4n) is 4.01. The maximum Gasteiger partial charge on any atom is 0.313 e. The molecule has 0 aromatic heterocycles. The highest BCUT2D eigenvalue weighted by molar-refractivity contribution is 6.39. The van der Waals surface area contributed by atoms with Gasteiger partial charge in [0.15, 0.2) is 0 Å². The zero-order valence-corrected chi connectivity index (χ0v) is 17.1. The Morgan fingerprint density at radius 3 is 2.17 bits per heavy atom. The van der Waals surface area contributed by atoms with Crippen molar-refractivity contribution < 1.29 is 18.7 Å². The number of ether oxygens (including phenoxy) is 1. The van der Waals surface area contributed by atoms with Gasteiger partial charge in [0.05, 0.1) is 0 Å². The van der Waals surface area contributed by atoms with Crippen LogP contribution in [0.2, 0.25) is 0 Å². The average molecular weight is 398 g/mol. The molecule has 1 aliphatic rings. The first-order chi connectivity index (χ1) is 13.8. The van der Waals surface area contributed by atoms with Gasteiger partial charge in [-0.05, 0) is 62.4 Å². The first-order valence-electron chi connectivity index (χ1n) is 9.81. The zero-order valence-electron chi connectivity index (χ0n) is 17.1. The number of nitrogens with one attached hydrogen (secondary N) is 2. The quantitative estimate of drug-likeness (QED) is 0.774. The highest BCUT2D eigenvalue weighted by Crippen LogP contribution is 2.34. The van der Waals surface area contributed by atoms with Crippen molar-refractivity contribution in [2.45, 2.75) is 39.0 Å². The van der Waals surface area contributed by atoms with Crippen molar-refractivity contribution in [3.8, 4) is 0 Å². The molecule has 0 atom stereocenters. The fraction of sp³-hybridized carbons (Fsp3) is 0.391. The molecular formula is C23H27FN2O3. The Kier molecular flexibility index (Phi) is 6.33. The van der Waals surface area contributed by atoms with Crippen molar-refractivity contribution in [3.05, 3.63) is 64.5 Å². The molecule has 2 amide bonds. The third-order valence-electron chi connectivity index (χ3n) is 5.62. The van der Waals surface area contributed by atoms with E-state index in [4.69, 9.17) is 4.74 Å². The van der Waals surface area contributed by atoms with Crippen LogP contribution in [-0.4, -0.2) is 31.6 Å². The number of anilines is 1. The van der Waals surface area contributed by atoms with Gasteiger partial charge >= 0.3 is 11.8 Å². The molecule has 154 valence electrons. The number of hydrogen-bond donors (Lipinski definition) is 2. The number of halogens is 1. The number of hydrogen-bond acceptors (Lipinski definition) is 3. The summed E-state index contributed by atoms with van der Waals surface area (Å²) in [6.07, 6.45) is 1.38. The SMILES string of the molecule is Cc1cc(C)c(NC(=O)C(=O)NCC2(c3ccc(F)cc3)CCOCC2)c(C)c1. The minimum absolute atomic E-state index is 0.292. The Hall–Kier alpha value is -2.73. The van der Waals surface area contributed by atoms with Crippen molar-refractivity contribution in [1.82, 2.24) is 5.32 Å². The van der Waals surface area contributed by atoms with Gasteiger partial charge in [-0.2, -0.15) is 0 Å². The third-order valence-corrected chi connectivity index (χ3v) is 5.62. The van der Waals surface area contributed by atoms with E-state index in [1.807, 2.05) is 32.9 Å². The number of amides is 2. The van der Waals surface area contributed by atoms with E-state index in [2.05, 4.69) is 10.6 Å². The van der Waals surface area contributed by atoms with Gasteiger partial charge in [-0.15, -0.1) is 0 Å². The molecule has 0 spiro atoms. The van der Waals surface area contributed by atoms with Crippen molar-refractivity contribution in [2.75, 3.05) is 25.1 Å². The second-order valence-corrected chi connectivity index (χ2v) is 7.81. The molecule has 0 aliphatic carbocycles. The molecule has 2 aromatic rings. The fourth-order valence-corrected chi connectivity index (χ4v) is 4.01. The molecular weight excluding hydrogens is 371 g/mol. The van der Waals surface area contributed by atoms with Gasteiger partial charge in [-0.3, -0.25) is 9.59 Å². The van der Waals surface area contributed by atoms with E-state index in [9.17, 15) is 14.0 Å². The average Bonchev–Trinajstić information content (AvgIpc) is 2.70. The van der Waals surface area contributed by atoms with Gasteiger partial charge in [0.1, 0.15) is 5.82 Å². The smallest absolute Gasteiger partial charge is 0.313 e. The van der Waals surface area contributed by atoms with Crippen LogP contribution < -0.4 is 10.6 Å². The monoisotopic (exact) mass is 398 g/mol. The van der Waals surface area contributed by atoms with Crippen molar-refractivity contribution >= 4 is 17.5 Å². The summed E-state index contributed by atoms with van der Waals surface area (Å²) in [5.74, 6) is -1.68. The summed E-state index contributed by atoms with van der Waals surface area (Å²) in [6.45, 7) is 7.20.